The predicted molar refractivity (Wildman–Crippen MR) is 50.0 cm³/mol. The lowest BCUT2D eigenvalue weighted by molar-refractivity contribution is 0.373. The number of hydrogen-bond acceptors (Lipinski definition) is 3. The second kappa shape index (κ2) is 6.58. The fraction of sp³-hybridized carbons (Fsp3) is 1.00. The maximum absolute atomic E-state index is 3.36. The number of nitrogens with zero attached hydrogens (tertiary/aromatic N) is 2. The van der Waals surface area contributed by atoms with Crippen molar-refractivity contribution in [1.29, 1.82) is 0 Å². The van der Waals surface area contributed by atoms with Crippen molar-refractivity contribution in [3.63, 3.8) is 0 Å². The summed E-state index contributed by atoms with van der Waals surface area (Å²) >= 11 is 0. The Bertz CT molecular complexity index is 71.4. The summed E-state index contributed by atoms with van der Waals surface area (Å²) in [6, 6.07) is 0. The van der Waals surface area contributed by atoms with Crippen LogP contribution in [0.15, 0.2) is 0 Å². The van der Waals surface area contributed by atoms with E-state index in [1.165, 1.54) is 0 Å². The molecular weight excluding hydrogens is 138 g/mol. The van der Waals surface area contributed by atoms with Crippen molar-refractivity contribution < 1.29 is 0 Å². The first kappa shape index (κ1) is 10.9. The van der Waals surface area contributed by atoms with Crippen LogP contribution in [-0.2, 0) is 0 Å². The summed E-state index contributed by atoms with van der Waals surface area (Å²) in [5.41, 5.74) is 0. The molecule has 0 heterocycles. The molecule has 0 aliphatic heterocycles. The summed E-state index contributed by atoms with van der Waals surface area (Å²) in [5.74, 6) is 0. The number of nitrogens with one attached hydrogen (secondary N) is 1. The van der Waals surface area contributed by atoms with Crippen LogP contribution in [0.2, 0.25) is 0 Å². The Morgan fingerprint density at radius 1 is 0.818 bits per heavy atom. The third kappa shape index (κ3) is 9.88. The van der Waals surface area contributed by atoms with E-state index >= 15 is 0 Å². The topological polar surface area (TPSA) is 18.5 Å². The summed E-state index contributed by atoms with van der Waals surface area (Å²) in [6.45, 7) is 4.41. The highest BCUT2D eigenvalue weighted by Crippen LogP contribution is 1.72. The third-order valence-electron chi connectivity index (χ3n) is 1.47. The van der Waals surface area contributed by atoms with Gasteiger partial charge >= 0.3 is 0 Å². The van der Waals surface area contributed by atoms with E-state index in [1.807, 2.05) is 0 Å². The first-order valence-electron chi connectivity index (χ1n) is 4.13. The van der Waals surface area contributed by atoms with Crippen LogP contribution in [0.1, 0.15) is 0 Å². The van der Waals surface area contributed by atoms with E-state index in [0.717, 1.165) is 26.2 Å². The van der Waals surface area contributed by atoms with E-state index in [-0.39, 0.29) is 0 Å². The highest BCUT2D eigenvalue weighted by Gasteiger charge is 1.90. The molecule has 0 unspecified atom stereocenters. The Labute approximate surface area is 70.4 Å². The van der Waals surface area contributed by atoms with Crippen molar-refractivity contribution in [3.8, 4) is 0 Å². The summed E-state index contributed by atoms with van der Waals surface area (Å²) in [4.78, 5) is 4.37. The van der Waals surface area contributed by atoms with Crippen LogP contribution in [0.25, 0.3) is 0 Å². The Hall–Kier alpha value is -0.120. The fourth-order valence-electron chi connectivity index (χ4n) is 0.730. The maximum Gasteiger partial charge on any atom is 0.0101 e. The molecule has 0 aromatic heterocycles. The molecule has 0 saturated carbocycles. The molecule has 0 aliphatic rings. The Morgan fingerprint density at radius 3 is 1.45 bits per heavy atom. The molecule has 0 aromatic carbocycles. The predicted octanol–water partition coefficient (Wildman–Crippen LogP) is -0.301. The summed E-state index contributed by atoms with van der Waals surface area (Å²) < 4.78 is 0. The van der Waals surface area contributed by atoms with E-state index in [1.54, 1.807) is 0 Å². The van der Waals surface area contributed by atoms with Crippen LogP contribution in [-0.4, -0.2) is 64.2 Å². The summed E-state index contributed by atoms with van der Waals surface area (Å²) in [6.07, 6.45) is 0. The van der Waals surface area contributed by atoms with Gasteiger partial charge in [-0.05, 0) is 28.2 Å². The smallest absolute Gasteiger partial charge is 0.0101 e. The van der Waals surface area contributed by atoms with Gasteiger partial charge in [-0.15, -0.1) is 0 Å². The number of hydrogen-bond donors (Lipinski definition) is 1. The van der Waals surface area contributed by atoms with Crippen molar-refractivity contribution in [2.75, 3.05) is 54.4 Å². The molecule has 0 fully saturated rings. The molecular formula is C8H21N3. The van der Waals surface area contributed by atoms with Crippen LogP contribution in [0, 0.1) is 0 Å². The molecule has 3 heteroatoms. The molecule has 0 rings (SSSR count). The van der Waals surface area contributed by atoms with Crippen LogP contribution in [0.4, 0.5) is 0 Å². The van der Waals surface area contributed by atoms with Crippen LogP contribution in [0.5, 0.6) is 0 Å². The van der Waals surface area contributed by atoms with Crippen molar-refractivity contribution in [2.45, 2.75) is 0 Å². The average Bonchev–Trinajstić information content (AvgIpc) is 1.85. The van der Waals surface area contributed by atoms with Crippen LogP contribution in [0.3, 0.4) is 0 Å². The van der Waals surface area contributed by atoms with Crippen molar-refractivity contribution in [1.82, 2.24) is 15.1 Å². The van der Waals surface area contributed by atoms with Crippen LogP contribution >= 0.6 is 0 Å². The van der Waals surface area contributed by atoms with Gasteiger partial charge in [-0.2, -0.15) is 0 Å². The van der Waals surface area contributed by atoms with Crippen molar-refractivity contribution >= 4 is 0 Å². The molecule has 68 valence electrons. The van der Waals surface area contributed by atoms with Gasteiger partial charge < -0.3 is 15.1 Å². The lowest BCUT2D eigenvalue weighted by atomic mass is 10.5. The molecule has 0 amide bonds. The van der Waals surface area contributed by atoms with Gasteiger partial charge in [0.1, 0.15) is 0 Å². The zero-order chi connectivity index (χ0) is 8.69. The SMILES string of the molecule is CN(C)CCNCCN(C)C. The molecule has 0 aliphatic carbocycles. The minimum atomic E-state index is 1.08. The molecule has 0 bridgehead atoms. The van der Waals surface area contributed by atoms with E-state index in [2.05, 4.69) is 43.3 Å². The fourth-order valence-corrected chi connectivity index (χ4v) is 0.730. The van der Waals surface area contributed by atoms with E-state index in [4.69, 9.17) is 0 Å². The lowest BCUT2D eigenvalue weighted by Crippen LogP contribution is -2.31. The molecule has 0 spiro atoms. The molecule has 0 aromatic rings. The van der Waals surface area contributed by atoms with Gasteiger partial charge in [0.05, 0.1) is 0 Å². The third-order valence-corrected chi connectivity index (χ3v) is 1.47. The second-order valence-electron chi connectivity index (χ2n) is 3.36. The van der Waals surface area contributed by atoms with Gasteiger partial charge in [0.2, 0.25) is 0 Å². The van der Waals surface area contributed by atoms with Crippen LogP contribution < -0.4 is 5.32 Å². The highest BCUT2D eigenvalue weighted by molar-refractivity contribution is 4.52. The molecule has 1 N–H and O–H groups in total. The molecule has 0 radical (unpaired) electrons. The second-order valence-corrected chi connectivity index (χ2v) is 3.36. The number of rotatable bonds is 6. The average molecular weight is 159 g/mol. The first-order chi connectivity index (χ1) is 5.13. The van der Waals surface area contributed by atoms with Crippen molar-refractivity contribution in [3.05, 3.63) is 0 Å². The van der Waals surface area contributed by atoms with E-state index in [9.17, 15) is 0 Å². The minimum Gasteiger partial charge on any atom is -0.314 e. The van der Waals surface area contributed by atoms with Gasteiger partial charge in [-0.3, -0.25) is 0 Å². The number of likely N-dealkylation sites (N-methyl/N-ethyl adjacent to an activating group) is 2. The van der Waals surface area contributed by atoms with E-state index in [0.29, 0.717) is 0 Å². The summed E-state index contributed by atoms with van der Waals surface area (Å²) in [5, 5.41) is 3.36. The molecule has 0 atom stereocenters. The lowest BCUT2D eigenvalue weighted by Gasteiger charge is -2.12. The summed E-state index contributed by atoms with van der Waals surface area (Å²) in [7, 11) is 8.36. The Balaban J connectivity index is 2.91. The normalized spacial score (nSPS) is 11.5. The Kier molecular flexibility index (Phi) is 6.51. The Morgan fingerprint density at radius 2 is 1.18 bits per heavy atom. The van der Waals surface area contributed by atoms with Gasteiger partial charge in [0.15, 0.2) is 0 Å². The standard InChI is InChI=1S/C8H21N3/c1-10(2)7-5-9-6-8-11(3)4/h9H,5-8H2,1-4H3. The zero-order valence-electron chi connectivity index (χ0n) is 8.22. The zero-order valence-corrected chi connectivity index (χ0v) is 8.22. The maximum atomic E-state index is 3.36. The molecule has 3 nitrogen and oxygen atoms in total. The van der Waals surface area contributed by atoms with Gasteiger partial charge in [0, 0.05) is 26.2 Å². The largest absolute Gasteiger partial charge is 0.314 e. The van der Waals surface area contributed by atoms with Crippen molar-refractivity contribution in [2.24, 2.45) is 0 Å². The molecule has 11 heavy (non-hydrogen) atoms. The first-order valence-corrected chi connectivity index (χ1v) is 4.13. The monoisotopic (exact) mass is 159 g/mol. The quantitative estimate of drug-likeness (QED) is 0.537. The highest BCUT2D eigenvalue weighted by atomic mass is 15.1. The van der Waals surface area contributed by atoms with E-state index < -0.39 is 0 Å². The van der Waals surface area contributed by atoms with Gasteiger partial charge in [-0.1, -0.05) is 0 Å². The van der Waals surface area contributed by atoms with Gasteiger partial charge in [-0.25, -0.2) is 0 Å². The minimum absolute atomic E-state index is 1.08. The van der Waals surface area contributed by atoms with Gasteiger partial charge in [0.25, 0.3) is 0 Å². The molecule has 0 saturated heterocycles.